The van der Waals surface area contributed by atoms with E-state index in [0.29, 0.717) is 5.95 Å². The molecule has 2 heterocycles. The number of nitrogens with zero attached hydrogens (tertiary/aromatic N) is 4. The first-order chi connectivity index (χ1) is 15.5. The lowest BCUT2D eigenvalue weighted by Gasteiger charge is -2.36. The summed E-state index contributed by atoms with van der Waals surface area (Å²) in [5, 5.41) is 0. The fraction of sp³-hybridized carbons (Fsp3) is 0.273. The molecule has 1 aliphatic rings. The normalized spacial score (nSPS) is 14.3. The van der Waals surface area contributed by atoms with Gasteiger partial charge in [-0.2, -0.15) is 0 Å². The summed E-state index contributed by atoms with van der Waals surface area (Å²) >= 11 is 0. The Hall–Kier alpha value is -3.40. The molecule has 1 fully saturated rings. The van der Waals surface area contributed by atoms with Gasteiger partial charge >= 0.3 is 0 Å². The Bertz CT molecular complexity index is 1150. The van der Waals surface area contributed by atoms with Crippen LogP contribution >= 0.6 is 0 Å². The van der Waals surface area contributed by atoms with E-state index in [1.165, 1.54) is 30.2 Å². The first kappa shape index (κ1) is 21.8. The minimum absolute atomic E-state index is 0.00602. The maximum Gasteiger partial charge on any atom is 0.262 e. The van der Waals surface area contributed by atoms with Crippen LogP contribution in [0.3, 0.4) is 0 Å². The molecule has 0 spiro atoms. The quantitative estimate of drug-likeness (QED) is 0.583. The molecular formula is C22H24FN5O3S. The number of hydrogen-bond acceptors (Lipinski definition) is 7. The second-order valence-electron chi connectivity index (χ2n) is 7.21. The molecule has 0 unspecified atom stereocenters. The van der Waals surface area contributed by atoms with E-state index in [-0.39, 0.29) is 22.9 Å². The minimum Gasteiger partial charge on any atom is -0.491 e. The van der Waals surface area contributed by atoms with Crippen LogP contribution in [-0.4, -0.2) is 51.2 Å². The highest BCUT2D eigenvalue weighted by Crippen LogP contribution is 2.23. The Morgan fingerprint density at radius 2 is 1.66 bits per heavy atom. The summed E-state index contributed by atoms with van der Waals surface area (Å²) in [5.74, 6) is -0.199. The average Bonchev–Trinajstić information content (AvgIpc) is 2.81. The van der Waals surface area contributed by atoms with Crippen LogP contribution in [0.2, 0.25) is 0 Å². The predicted molar refractivity (Wildman–Crippen MR) is 121 cm³/mol. The van der Waals surface area contributed by atoms with Gasteiger partial charge in [-0.3, -0.25) is 4.72 Å². The molecule has 4 rings (SSSR count). The third-order valence-electron chi connectivity index (χ3n) is 5.09. The van der Waals surface area contributed by atoms with Crippen LogP contribution in [0.25, 0.3) is 0 Å². The Morgan fingerprint density at radius 3 is 2.28 bits per heavy atom. The van der Waals surface area contributed by atoms with Gasteiger partial charge < -0.3 is 14.5 Å². The zero-order chi connectivity index (χ0) is 22.6. The van der Waals surface area contributed by atoms with Crippen molar-refractivity contribution < 1.29 is 17.5 Å². The van der Waals surface area contributed by atoms with Gasteiger partial charge in [0.05, 0.1) is 29.6 Å². The molecule has 0 atom stereocenters. The van der Waals surface area contributed by atoms with Crippen LogP contribution in [0.4, 0.5) is 21.7 Å². The largest absolute Gasteiger partial charge is 0.491 e. The summed E-state index contributed by atoms with van der Waals surface area (Å²) in [4.78, 5) is 12.8. The fourth-order valence-corrected chi connectivity index (χ4v) is 4.52. The smallest absolute Gasteiger partial charge is 0.262 e. The predicted octanol–water partition coefficient (Wildman–Crippen LogP) is 3.14. The van der Waals surface area contributed by atoms with Crippen molar-refractivity contribution in [2.24, 2.45) is 0 Å². The molecule has 0 aliphatic carbocycles. The number of hydrogen-bond donors (Lipinski definition) is 1. The van der Waals surface area contributed by atoms with Crippen LogP contribution in [-0.2, 0) is 10.0 Å². The first-order valence-corrected chi connectivity index (χ1v) is 11.8. The van der Waals surface area contributed by atoms with Gasteiger partial charge in [-0.15, -0.1) is 0 Å². The topological polar surface area (TPSA) is 87.7 Å². The number of aromatic nitrogens is 2. The van der Waals surface area contributed by atoms with E-state index in [9.17, 15) is 12.8 Å². The number of anilines is 3. The van der Waals surface area contributed by atoms with Crippen LogP contribution in [0, 0.1) is 5.82 Å². The number of piperazine rings is 1. The molecule has 10 heteroatoms. The van der Waals surface area contributed by atoms with Crippen molar-refractivity contribution in [1.29, 1.82) is 0 Å². The average molecular weight is 458 g/mol. The molecule has 1 N–H and O–H groups in total. The summed E-state index contributed by atoms with van der Waals surface area (Å²) in [6, 6.07) is 13.7. The van der Waals surface area contributed by atoms with Gasteiger partial charge in [-0.1, -0.05) is 18.2 Å². The van der Waals surface area contributed by atoms with Gasteiger partial charge in [-0.05, 0) is 37.3 Å². The van der Waals surface area contributed by atoms with Crippen molar-refractivity contribution in [3.63, 3.8) is 0 Å². The number of sulfonamides is 1. The third-order valence-corrected chi connectivity index (χ3v) is 6.47. The lowest BCUT2D eigenvalue weighted by atomic mass is 10.2. The molecule has 0 radical (unpaired) electrons. The lowest BCUT2D eigenvalue weighted by molar-refractivity contribution is 0.321. The summed E-state index contributed by atoms with van der Waals surface area (Å²) < 4.78 is 46.7. The maximum absolute atomic E-state index is 14.1. The van der Waals surface area contributed by atoms with E-state index in [1.54, 1.807) is 6.92 Å². The van der Waals surface area contributed by atoms with Gasteiger partial charge in [0.15, 0.2) is 11.6 Å². The molecule has 1 aliphatic heterocycles. The van der Waals surface area contributed by atoms with Crippen LogP contribution < -0.4 is 19.3 Å². The molecule has 0 amide bonds. The molecule has 168 valence electrons. The van der Waals surface area contributed by atoms with Crippen LogP contribution in [0.1, 0.15) is 6.92 Å². The molecule has 2 aromatic carbocycles. The summed E-state index contributed by atoms with van der Waals surface area (Å²) in [6.45, 7) is 5.19. The standard InChI is InChI=1S/C22H24FN5O3S/c1-2-31-21-9-8-19(14-20(21)23)32(29,30)26-17-15-24-22(25-16-17)28-12-10-27(11-13-28)18-6-4-3-5-7-18/h3-9,14-16,26H,2,10-13H2,1H3. The molecule has 3 aromatic rings. The number of ether oxygens (including phenoxy) is 1. The number of para-hydroxylation sites is 1. The fourth-order valence-electron chi connectivity index (χ4n) is 3.48. The molecule has 32 heavy (non-hydrogen) atoms. The van der Waals surface area contributed by atoms with Crippen molar-refractivity contribution in [2.75, 3.05) is 47.3 Å². The number of benzene rings is 2. The minimum atomic E-state index is -3.99. The van der Waals surface area contributed by atoms with Crippen LogP contribution in [0.15, 0.2) is 65.8 Å². The number of rotatable bonds is 7. The highest BCUT2D eigenvalue weighted by Gasteiger charge is 2.20. The second kappa shape index (κ2) is 9.39. The molecule has 8 nitrogen and oxygen atoms in total. The van der Waals surface area contributed by atoms with E-state index in [0.717, 1.165) is 32.2 Å². The van der Waals surface area contributed by atoms with E-state index < -0.39 is 15.8 Å². The monoisotopic (exact) mass is 457 g/mol. The van der Waals surface area contributed by atoms with Crippen molar-refractivity contribution in [3.05, 3.63) is 66.7 Å². The highest BCUT2D eigenvalue weighted by molar-refractivity contribution is 7.92. The van der Waals surface area contributed by atoms with E-state index >= 15 is 0 Å². The van der Waals surface area contributed by atoms with Crippen molar-refractivity contribution in [2.45, 2.75) is 11.8 Å². The van der Waals surface area contributed by atoms with E-state index in [2.05, 4.69) is 36.6 Å². The Balaban J connectivity index is 1.39. The zero-order valence-electron chi connectivity index (χ0n) is 17.6. The number of halogens is 1. The van der Waals surface area contributed by atoms with Gasteiger partial charge in [0.1, 0.15) is 0 Å². The van der Waals surface area contributed by atoms with Crippen molar-refractivity contribution >= 4 is 27.3 Å². The SMILES string of the molecule is CCOc1ccc(S(=O)(=O)Nc2cnc(N3CCN(c4ccccc4)CC3)nc2)cc1F. The molecule has 0 saturated carbocycles. The van der Waals surface area contributed by atoms with Crippen LogP contribution in [0.5, 0.6) is 5.75 Å². The van der Waals surface area contributed by atoms with Gasteiger partial charge in [0.2, 0.25) is 5.95 Å². The van der Waals surface area contributed by atoms with Crippen molar-refractivity contribution in [3.8, 4) is 5.75 Å². The van der Waals surface area contributed by atoms with E-state index in [4.69, 9.17) is 4.74 Å². The number of nitrogens with one attached hydrogen (secondary N) is 1. The van der Waals surface area contributed by atoms with Crippen molar-refractivity contribution in [1.82, 2.24) is 9.97 Å². The molecule has 0 bridgehead atoms. The molecule has 1 aromatic heterocycles. The summed E-state index contributed by atoms with van der Waals surface area (Å²) in [7, 11) is -3.99. The Kier molecular flexibility index (Phi) is 6.40. The van der Waals surface area contributed by atoms with Gasteiger partial charge in [0, 0.05) is 31.9 Å². The Labute approximate surface area is 186 Å². The lowest BCUT2D eigenvalue weighted by Crippen LogP contribution is -2.47. The highest BCUT2D eigenvalue weighted by atomic mass is 32.2. The first-order valence-electron chi connectivity index (χ1n) is 10.3. The van der Waals surface area contributed by atoms with E-state index in [1.807, 2.05) is 18.2 Å². The zero-order valence-corrected chi connectivity index (χ0v) is 18.4. The third kappa shape index (κ3) is 4.91. The second-order valence-corrected chi connectivity index (χ2v) is 8.89. The molecule has 1 saturated heterocycles. The maximum atomic E-state index is 14.1. The summed E-state index contributed by atoms with van der Waals surface area (Å²) in [5.41, 5.74) is 1.38. The van der Waals surface area contributed by atoms with Gasteiger partial charge in [-0.25, -0.2) is 22.8 Å². The summed E-state index contributed by atoms with van der Waals surface area (Å²) in [6.07, 6.45) is 2.82. The molecular weight excluding hydrogens is 433 g/mol. The Morgan fingerprint density at radius 1 is 1.00 bits per heavy atom. The van der Waals surface area contributed by atoms with Gasteiger partial charge in [0.25, 0.3) is 10.0 Å².